The van der Waals surface area contributed by atoms with E-state index in [4.69, 9.17) is 20.6 Å². The third-order valence-electron chi connectivity index (χ3n) is 1.67. The van der Waals surface area contributed by atoms with Crippen LogP contribution in [0.1, 0.15) is 0 Å². The van der Waals surface area contributed by atoms with Gasteiger partial charge in [-0.05, 0) is 12.1 Å². The minimum atomic E-state index is -0.733. The molecule has 0 radical (unpaired) electrons. The summed E-state index contributed by atoms with van der Waals surface area (Å²) in [7, 11) is 0. The standard InChI is InChI=1S/C10H6O4/c1-2-10(11)14-7-3-4-8-9(5-7)13-6-12-8/h1,3-5H,6H2. The Morgan fingerprint density at radius 3 is 3.00 bits per heavy atom. The highest BCUT2D eigenvalue weighted by molar-refractivity contribution is 5.89. The van der Waals surface area contributed by atoms with Crippen LogP contribution in [0.3, 0.4) is 0 Å². The zero-order chi connectivity index (χ0) is 9.97. The Morgan fingerprint density at radius 2 is 2.21 bits per heavy atom. The summed E-state index contributed by atoms with van der Waals surface area (Å²) in [5, 5.41) is 0. The van der Waals surface area contributed by atoms with Gasteiger partial charge in [0.1, 0.15) is 5.75 Å². The van der Waals surface area contributed by atoms with Crippen molar-refractivity contribution in [3.05, 3.63) is 18.2 Å². The largest absolute Gasteiger partial charge is 0.454 e. The van der Waals surface area contributed by atoms with Crippen molar-refractivity contribution < 1.29 is 19.0 Å². The maximum Gasteiger partial charge on any atom is 0.389 e. The molecule has 0 fully saturated rings. The van der Waals surface area contributed by atoms with E-state index in [9.17, 15) is 4.79 Å². The van der Waals surface area contributed by atoms with Gasteiger partial charge >= 0.3 is 5.97 Å². The van der Waals surface area contributed by atoms with Crippen molar-refractivity contribution in [2.75, 3.05) is 6.79 Å². The topological polar surface area (TPSA) is 44.8 Å². The van der Waals surface area contributed by atoms with E-state index in [1.807, 2.05) is 5.92 Å². The maximum absolute atomic E-state index is 10.8. The highest BCUT2D eigenvalue weighted by Gasteiger charge is 2.14. The second-order valence-corrected chi connectivity index (χ2v) is 2.55. The Labute approximate surface area is 80.4 Å². The molecule has 0 amide bonds. The van der Waals surface area contributed by atoms with Crippen LogP contribution in [0, 0.1) is 12.3 Å². The molecular formula is C10H6O4. The molecule has 4 nitrogen and oxygen atoms in total. The van der Waals surface area contributed by atoms with Crippen LogP contribution < -0.4 is 14.2 Å². The number of ether oxygens (including phenoxy) is 3. The number of benzene rings is 1. The average Bonchev–Trinajstić information content (AvgIpc) is 2.64. The fourth-order valence-electron chi connectivity index (χ4n) is 1.08. The first-order valence-corrected chi connectivity index (χ1v) is 3.87. The summed E-state index contributed by atoms with van der Waals surface area (Å²) in [4.78, 5) is 10.8. The number of terminal acetylenes is 1. The molecular weight excluding hydrogens is 184 g/mol. The Bertz CT molecular complexity index is 417. The highest BCUT2D eigenvalue weighted by Crippen LogP contribution is 2.34. The lowest BCUT2D eigenvalue weighted by atomic mass is 10.3. The van der Waals surface area contributed by atoms with E-state index in [1.165, 1.54) is 0 Å². The first-order chi connectivity index (χ1) is 6.79. The van der Waals surface area contributed by atoms with Gasteiger partial charge in [-0.2, -0.15) is 0 Å². The van der Waals surface area contributed by atoms with Gasteiger partial charge < -0.3 is 14.2 Å². The summed E-state index contributed by atoms with van der Waals surface area (Å²) in [5.74, 6) is 2.64. The maximum atomic E-state index is 10.8. The molecule has 1 aliphatic rings. The number of rotatable bonds is 1. The number of carbonyl (C=O) groups excluding carboxylic acids is 1. The highest BCUT2D eigenvalue weighted by atomic mass is 16.7. The predicted molar refractivity (Wildman–Crippen MR) is 47.0 cm³/mol. The van der Waals surface area contributed by atoms with Crippen LogP contribution in [-0.2, 0) is 4.79 Å². The summed E-state index contributed by atoms with van der Waals surface area (Å²) in [6, 6.07) is 4.79. The minimum absolute atomic E-state index is 0.182. The second-order valence-electron chi connectivity index (χ2n) is 2.55. The van der Waals surface area contributed by atoms with Gasteiger partial charge in [-0.1, -0.05) is 0 Å². The average molecular weight is 190 g/mol. The van der Waals surface area contributed by atoms with E-state index < -0.39 is 5.97 Å². The van der Waals surface area contributed by atoms with Gasteiger partial charge in [0.05, 0.1) is 0 Å². The monoisotopic (exact) mass is 190 g/mol. The first-order valence-electron chi connectivity index (χ1n) is 3.87. The zero-order valence-corrected chi connectivity index (χ0v) is 7.15. The second kappa shape index (κ2) is 3.30. The molecule has 1 aromatic rings. The number of carbonyl (C=O) groups is 1. The lowest BCUT2D eigenvalue weighted by Crippen LogP contribution is -2.03. The first kappa shape index (κ1) is 8.45. The normalized spacial score (nSPS) is 11.9. The van der Waals surface area contributed by atoms with Gasteiger partial charge in [0.25, 0.3) is 0 Å². The molecule has 0 unspecified atom stereocenters. The smallest absolute Gasteiger partial charge is 0.389 e. The van der Waals surface area contributed by atoms with Crippen molar-refractivity contribution in [2.24, 2.45) is 0 Å². The Balaban J connectivity index is 2.21. The van der Waals surface area contributed by atoms with Gasteiger partial charge in [-0.15, -0.1) is 6.42 Å². The molecule has 1 aliphatic heterocycles. The molecule has 4 heteroatoms. The Morgan fingerprint density at radius 1 is 1.43 bits per heavy atom. The molecule has 0 saturated carbocycles. The third kappa shape index (κ3) is 1.48. The van der Waals surface area contributed by atoms with Crippen molar-refractivity contribution in [1.82, 2.24) is 0 Å². The van der Waals surface area contributed by atoms with Crippen LogP contribution in [0.4, 0.5) is 0 Å². The van der Waals surface area contributed by atoms with E-state index in [2.05, 4.69) is 0 Å². The van der Waals surface area contributed by atoms with Gasteiger partial charge in [0.15, 0.2) is 11.5 Å². The van der Waals surface area contributed by atoms with Crippen molar-refractivity contribution in [3.8, 4) is 29.6 Å². The molecule has 0 saturated heterocycles. The molecule has 70 valence electrons. The summed E-state index contributed by atoms with van der Waals surface area (Å²) >= 11 is 0. The van der Waals surface area contributed by atoms with Crippen LogP contribution in [-0.4, -0.2) is 12.8 Å². The zero-order valence-electron chi connectivity index (χ0n) is 7.15. The van der Waals surface area contributed by atoms with Crippen LogP contribution in [0.5, 0.6) is 17.2 Å². The van der Waals surface area contributed by atoms with Crippen molar-refractivity contribution >= 4 is 5.97 Å². The quantitative estimate of drug-likeness (QED) is 0.286. The van der Waals surface area contributed by atoms with E-state index in [0.29, 0.717) is 17.2 Å². The molecule has 14 heavy (non-hydrogen) atoms. The lowest BCUT2D eigenvalue weighted by Gasteiger charge is -2.00. The molecule has 0 atom stereocenters. The van der Waals surface area contributed by atoms with E-state index in [0.717, 1.165) is 0 Å². The van der Waals surface area contributed by atoms with Gasteiger partial charge in [-0.3, -0.25) is 0 Å². The van der Waals surface area contributed by atoms with Gasteiger partial charge in [0, 0.05) is 12.0 Å². The number of hydrogen-bond donors (Lipinski definition) is 0. The lowest BCUT2D eigenvalue weighted by molar-refractivity contribution is -0.128. The third-order valence-corrected chi connectivity index (χ3v) is 1.67. The van der Waals surface area contributed by atoms with E-state index in [-0.39, 0.29) is 6.79 Å². The Kier molecular flexibility index (Phi) is 1.99. The van der Waals surface area contributed by atoms with Crippen LogP contribution in [0.25, 0.3) is 0 Å². The SMILES string of the molecule is C#CC(=O)Oc1ccc2c(c1)OCO2. The van der Waals surface area contributed by atoms with Crippen molar-refractivity contribution in [3.63, 3.8) is 0 Å². The summed E-state index contributed by atoms with van der Waals surface area (Å²) in [6.45, 7) is 0.182. The summed E-state index contributed by atoms with van der Waals surface area (Å²) in [6.07, 6.45) is 4.85. The molecule has 2 rings (SSSR count). The van der Waals surface area contributed by atoms with Crippen LogP contribution in [0.2, 0.25) is 0 Å². The molecule has 0 bridgehead atoms. The number of esters is 1. The summed E-state index contributed by atoms with van der Waals surface area (Å²) < 4.78 is 14.9. The fraction of sp³-hybridized carbons (Fsp3) is 0.100. The van der Waals surface area contributed by atoms with E-state index in [1.54, 1.807) is 18.2 Å². The molecule has 0 aliphatic carbocycles. The molecule has 0 N–H and O–H groups in total. The minimum Gasteiger partial charge on any atom is -0.454 e. The molecule has 0 spiro atoms. The van der Waals surface area contributed by atoms with E-state index >= 15 is 0 Å². The van der Waals surface area contributed by atoms with Crippen molar-refractivity contribution in [2.45, 2.75) is 0 Å². The number of fused-ring (bicyclic) bond motifs is 1. The Hall–Kier alpha value is -2.15. The summed E-state index contributed by atoms with van der Waals surface area (Å²) in [5.41, 5.74) is 0. The predicted octanol–water partition coefficient (Wildman–Crippen LogP) is 0.954. The molecule has 0 aromatic heterocycles. The van der Waals surface area contributed by atoms with Crippen LogP contribution >= 0.6 is 0 Å². The molecule has 1 aromatic carbocycles. The fourth-order valence-corrected chi connectivity index (χ4v) is 1.08. The number of hydrogen-bond acceptors (Lipinski definition) is 4. The van der Waals surface area contributed by atoms with Gasteiger partial charge in [-0.25, -0.2) is 4.79 Å². The van der Waals surface area contributed by atoms with Gasteiger partial charge in [0.2, 0.25) is 6.79 Å². The van der Waals surface area contributed by atoms with Crippen molar-refractivity contribution in [1.29, 1.82) is 0 Å². The van der Waals surface area contributed by atoms with Crippen LogP contribution in [0.15, 0.2) is 18.2 Å². The molecule has 1 heterocycles.